The standard InChI is InChI=1S/C31H31N3O2/c1-4-23-7-5-6-8-29(23)34-21(2)17-26-18-25(27-19-32-33(3)20-27)14-15-28(26)31(34)24-12-9-22(10-13-24)11-16-30(35)36/h5-16,18-21,31H,4,17H2,1-3H3,(H,35,36)/b16-11+. The smallest absolute Gasteiger partial charge is 0.328 e. The largest absolute Gasteiger partial charge is 0.478 e. The number of rotatable bonds is 6. The molecule has 182 valence electrons. The van der Waals surface area contributed by atoms with Crippen LogP contribution in [0, 0.1) is 0 Å². The molecule has 3 aromatic carbocycles. The molecule has 4 aromatic rings. The Morgan fingerprint density at radius 3 is 2.56 bits per heavy atom. The number of aryl methyl sites for hydroxylation is 2. The number of carbonyl (C=O) groups is 1. The molecule has 1 N–H and O–H groups in total. The molecule has 5 rings (SSSR count). The van der Waals surface area contributed by atoms with Crippen LogP contribution in [-0.2, 0) is 24.7 Å². The molecule has 1 aliphatic rings. The van der Waals surface area contributed by atoms with Gasteiger partial charge in [-0.3, -0.25) is 4.68 Å². The van der Waals surface area contributed by atoms with Crippen molar-refractivity contribution in [3.8, 4) is 11.1 Å². The van der Waals surface area contributed by atoms with Gasteiger partial charge in [-0.2, -0.15) is 5.10 Å². The van der Waals surface area contributed by atoms with Crippen molar-refractivity contribution >= 4 is 17.7 Å². The molecule has 0 radical (unpaired) electrons. The van der Waals surface area contributed by atoms with Crippen molar-refractivity contribution in [3.05, 3.63) is 113 Å². The predicted octanol–water partition coefficient (Wildman–Crippen LogP) is 6.29. The number of carboxylic acid groups (broad SMARTS) is 1. The molecule has 0 aliphatic carbocycles. The predicted molar refractivity (Wildman–Crippen MR) is 145 cm³/mol. The minimum Gasteiger partial charge on any atom is -0.478 e. The maximum Gasteiger partial charge on any atom is 0.328 e. The zero-order valence-electron chi connectivity index (χ0n) is 20.9. The fourth-order valence-corrected chi connectivity index (χ4v) is 5.36. The number of hydrogen-bond donors (Lipinski definition) is 1. The van der Waals surface area contributed by atoms with E-state index in [4.69, 9.17) is 5.11 Å². The summed E-state index contributed by atoms with van der Waals surface area (Å²) >= 11 is 0. The molecular formula is C31H31N3O2. The van der Waals surface area contributed by atoms with Crippen molar-refractivity contribution in [2.75, 3.05) is 4.90 Å². The summed E-state index contributed by atoms with van der Waals surface area (Å²) in [4.78, 5) is 13.5. The molecule has 0 spiro atoms. The fourth-order valence-electron chi connectivity index (χ4n) is 5.36. The van der Waals surface area contributed by atoms with E-state index in [2.05, 4.69) is 84.6 Å². The van der Waals surface area contributed by atoms with Crippen LogP contribution in [0.25, 0.3) is 17.2 Å². The zero-order valence-corrected chi connectivity index (χ0v) is 20.9. The Hall–Kier alpha value is -4.12. The lowest BCUT2D eigenvalue weighted by Crippen LogP contribution is -2.43. The van der Waals surface area contributed by atoms with E-state index in [1.54, 1.807) is 6.08 Å². The first-order chi connectivity index (χ1) is 17.4. The monoisotopic (exact) mass is 477 g/mol. The van der Waals surface area contributed by atoms with E-state index in [1.807, 2.05) is 30.1 Å². The Kier molecular flexibility index (Phi) is 6.47. The van der Waals surface area contributed by atoms with E-state index in [0.29, 0.717) is 6.04 Å². The second-order valence-electron chi connectivity index (χ2n) is 9.50. The molecule has 5 heteroatoms. The van der Waals surface area contributed by atoms with Gasteiger partial charge in [0.2, 0.25) is 0 Å². The van der Waals surface area contributed by atoms with Gasteiger partial charge in [0.15, 0.2) is 0 Å². The summed E-state index contributed by atoms with van der Waals surface area (Å²) in [6.45, 7) is 4.52. The molecule has 1 aromatic heterocycles. The Labute approximate surface area is 212 Å². The van der Waals surface area contributed by atoms with Gasteiger partial charge in [0.05, 0.1) is 12.2 Å². The van der Waals surface area contributed by atoms with Gasteiger partial charge < -0.3 is 10.0 Å². The number of hydrogen-bond acceptors (Lipinski definition) is 3. The van der Waals surface area contributed by atoms with Crippen LogP contribution in [0.5, 0.6) is 0 Å². The van der Waals surface area contributed by atoms with Gasteiger partial charge in [-0.1, -0.05) is 67.6 Å². The topological polar surface area (TPSA) is 58.4 Å². The summed E-state index contributed by atoms with van der Waals surface area (Å²) in [7, 11) is 1.94. The lowest BCUT2D eigenvalue weighted by molar-refractivity contribution is -0.131. The van der Waals surface area contributed by atoms with Crippen molar-refractivity contribution < 1.29 is 9.90 Å². The molecule has 0 fully saturated rings. The van der Waals surface area contributed by atoms with Gasteiger partial charge in [0, 0.05) is 36.6 Å². The lowest BCUT2D eigenvalue weighted by Gasteiger charge is -2.45. The summed E-state index contributed by atoms with van der Waals surface area (Å²) in [5.74, 6) is -0.944. The summed E-state index contributed by atoms with van der Waals surface area (Å²) < 4.78 is 1.84. The average molecular weight is 478 g/mol. The van der Waals surface area contributed by atoms with Crippen LogP contribution < -0.4 is 4.90 Å². The highest BCUT2D eigenvalue weighted by molar-refractivity contribution is 5.85. The molecular weight excluding hydrogens is 446 g/mol. The van der Waals surface area contributed by atoms with Gasteiger partial charge in [0.25, 0.3) is 0 Å². The van der Waals surface area contributed by atoms with Crippen LogP contribution >= 0.6 is 0 Å². The number of aromatic nitrogens is 2. The van der Waals surface area contributed by atoms with Gasteiger partial charge in [-0.25, -0.2) is 4.79 Å². The number of nitrogens with zero attached hydrogens (tertiary/aromatic N) is 3. The average Bonchev–Trinajstić information content (AvgIpc) is 3.33. The van der Waals surface area contributed by atoms with Crippen molar-refractivity contribution in [2.24, 2.45) is 7.05 Å². The quantitative estimate of drug-likeness (QED) is 0.332. The third kappa shape index (κ3) is 4.57. The Bertz CT molecular complexity index is 1420. The van der Waals surface area contributed by atoms with Crippen LogP contribution in [0.1, 0.15) is 47.7 Å². The minimum absolute atomic E-state index is 0.0527. The van der Waals surface area contributed by atoms with Crippen LogP contribution in [0.2, 0.25) is 0 Å². The van der Waals surface area contributed by atoms with E-state index >= 15 is 0 Å². The van der Waals surface area contributed by atoms with E-state index in [0.717, 1.165) is 24.0 Å². The van der Waals surface area contributed by atoms with Gasteiger partial charge in [-0.15, -0.1) is 0 Å². The van der Waals surface area contributed by atoms with E-state index in [-0.39, 0.29) is 6.04 Å². The highest BCUT2D eigenvalue weighted by Gasteiger charge is 2.34. The first-order valence-corrected chi connectivity index (χ1v) is 12.4. The van der Waals surface area contributed by atoms with E-state index in [1.165, 1.54) is 39.6 Å². The molecule has 2 heterocycles. The number of para-hydroxylation sites is 1. The molecule has 2 unspecified atom stereocenters. The lowest BCUT2D eigenvalue weighted by atomic mass is 9.82. The fraction of sp³-hybridized carbons (Fsp3) is 0.226. The highest BCUT2D eigenvalue weighted by atomic mass is 16.4. The normalized spacial score (nSPS) is 17.4. The van der Waals surface area contributed by atoms with Gasteiger partial charge in [0.1, 0.15) is 0 Å². The van der Waals surface area contributed by atoms with Crippen molar-refractivity contribution in [3.63, 3.8) is 0 Å². The highest BCUT2D eigenvalue weighted by Crippen LogP contribution is 2.43. The second-order valence-corrected chi connectivity index (χ2v) is 9.50. The van der Waals surface area contributed by atoms with Gasteiger partial charge >= 0.3 is 5.97 Å². The minimum atomic E-state index is -0.944. The molecule has 1 aliphatic heterocycles. The SMILES string of the molecule is CCc1ccccc1N1C(C)Cc2cc(-c3cnn(C)c3)ccc2C1c1ccc(/C=C/C(=O)O)cc1. The number of aliphatic carboxylic acids is 1. The van der Waals surface area contributed by atoms with Crippen LogP contribution in [-0.4, -0.2) is 26.9 Å². The summed E-state index contributed by atoms with van der Waals surface area (Å²) in [5.41, 5.74) is 9.64. The number of benzene rings is 3. The third-order valence-corrected chi connectivity index (χ3v) is 7.07. The summed E-state index contributed by atoms with van der Waals surface area (Å²) in [6, 6.07) is 24.1. The molecule has 0 amide bonds. The van der Waals surface area contributed by atoms with E-state index < -0.39 is 5.97 Å². The molecule has 2 atom stereocenters. The van der Waals surface area contributed by atoms with Crippen molar-refractivity contribution in [1.29, 1.82) is 0 Å². The zero-order chi connectivity index (χ0) is 25.2. The third-order valence-electron chi connectivity index (χ3n) is 7.07. The number of carboxylic acids is 1. The molecule has 0 bridgehead atoms. The van der Waals surface area contributed by atoms with Crippen molar-refractivity contribution in [1.82, 2.24) is 9.78 Å². The molecule has 0 saturated carbocycles. The Morgan fingerprint density at radius 2 is 1.86 bits per heavy atom. The summed E-state index contributed by atoms with van der Waals surface area (Å²) in [6.07, 6.45) is 8.71. The first kappa shape index (κ1) is 23.6. The van der Waals surface area contributed by atoms with Crippen LogP contribution in [0.4, 0.5) is 5.69 Å². The van der Waals surface area contributed by atoms with Crippen LogP contribution in [0.3, 0.4) is 0 Å². The second kappa shape index (κ2) is 9.86. The maximum atomic E-state index is 11.0. The Morgan fingerprint density at radius 1 is 1.08 bits per heavy atom. The summed E-state index contributed by atoms with van der Waals surface area (Å²) in [5, 5.41) is 13.3. The maximum absolute atomic E-state index is 11.0. The molecule has 36 heavy (non-hydrogen) atoms. The van der Waals surface area contributed by atoms with Crippen LogP contribution in [0.15, 0.2) is 85.2 Å². The first-order valence-electron chi connectivity index (χ1n) is 12.4. The molecule has 0 saturated heterocycles. The van der Waals surface area contributed by atoms with Gasteiger partial charge in [-0.05, 0) is 65.3 Å². The Balaban J connectivity index is 1.63. The van der Waals surface area contributed by atoms with E-state index in [9.17, 15) is 4.79 Å². The molecule has 5 nitrogen and oxygen atoms in total. The number of anilines is 1. The van der Waals surface area contributed by atoms with Crippen molar-refractivity contribution in [2.45, 2.75) is 38.8 Å². The number of fused-ring (bicyclic) bond motifs is 1.